The molecule has 0 bridgehead atoms. The molecule has 0 aromatic heterocycles. The van der Waals surface area contributed by atoms with Crippen molar-refractivity contribution in [3.8, 4) is 11.5 Å². The molecular formula is C60H86F2N14O14. The van der Waals surface area contributed by atoms with Crippen molar-refractivity contribution in [2.75, 3.05) is 118 Å². The molecule has 2 atom stereocenters. The molecule has 3 aromatic rings. The molecule has 13 N–H and O–H groups in total. The molecule has 30 heteroatoms. The molecule has 28 nitrogen and oxygen atoms in total. The van der Waals surface area contributed by atoms with Crippen molar-refractivity contribution < 1.29 is 77.1 Å². The van der Waals surface area contributed by atoms with E-state index in [4.69, 9.17) is 10.5 Å². The average molecular weight is 1270 g/mol. The van der Waals surface area contributed by atoms with Gasteiger partial charge in [0.1, 0.15) is 35.2 Å². The van der Waals surface area contributed by atoms with Gasteiger partial charge in [0.2, 0.25) is 29.5 Å². The van der Waals surface area contributed by atoms with E-state index < -0.39 is 77.3 Å². The Kier molecular flexibility index (Phi) is 31.1. The fraction of sp³-hybridized carbons (Fsp3) is 0.533. The summed E-state index contributed by atoms with van der Waals surface area (Å²) in [5.74, 6) is -7.47. The summed E-state index contributed by atoms with van der Waals surface area (Å²) in [5, 5.41) is 56.8. The van der Waals surface area contributed by atoms with Crippen molar-refractivity contribution in [3.63, 3.8) is 0 Å². The van der Waals surface area contributed by atoms with Gasteiger partial charge in [0.05, 0.1) is 32.8 Å². The van der Waals surface area contributed by atoms with Crippen LogP contribution >= 0.6 is 0 Å². The number of hydrogen-bond donors (Lipinski definition) is 12. The number of benzene rings is 3. The van der Waals surface area contributed by atoms with Crippen LogP contribution in [0.1, 0.15) is 86.6 Å². The van der Waals surface area contributed by atoms with E-state index in [-0.39, 0.29) is 141 Å². The Morgan fingerprint density at radius 1 is 0.622 bits per heavy atom. The van der Waals surface area contributed by atoms with E-state index in [1.165, 1.54) is 0 Å². The van der Waals surface area contributed by atoms with Crippen LogP contribution in [0.3, 0.4) is 0 Å². The number of nitrogens with one attached hydrogen (secondary N) is 7. The number of nitrogens with two attached hydrogens (primary N) is 1. The van der Waals surface area contributed by atoms with Crippen LogP contribution in [0.15, 0.2) is 65.7 Å². The number of carboxylic acid groups (broad SMARTS) is 3. The van der Waals surface area contributed by atoms with Crippen LogP contribution in [0, 0.1) is 11.6 Å². The van der Waals surface area contributed by atoms with E-state index in [2.05, 4.69) is 42.2 Å². The third-order valence-corrected chi connectivity index (χ3v) is 14.8. The second-order valence-corrected chi connectivity index (χ2v) is 21.8. The zero-order valence-electron chi connectivity index (χ0n) is 50.8. The number of aliphatic imine (C=N–C) groups is 1. The minimum atomic E-state index is -1.25. The predicted molar refractivity (Wildman–Crippen MR) is 325 cm³/mol. The molecule has 2 aliphatic heterocycles. The van der Waals surface area contributed by atoms with E-state index in [9.17, 15) is 72.4 Å². The standard InChI is InChI=1S/C60H86F2N14O14/c1-2-50(78)66-21-22-68-60(89)71-59(63)67-19-10-15-48(57(87)69-34-44-46(61)32-43(77)33-47(44)62)70-58(88)56(41-12-5-3-6-13-41)76-35-42-14-9-16-49(45(42)36-76)90-31-11-20-64-51(79)17-7-4-8-18-65-52(80)37-72-23-25-73(38-53(81)82)27-29-75(40-55(85)86)30-28-74(26-24-72)39-54(83)84/h3,5-6,9,12-14,16,32-33,48,56,77H,2,4,7-8,10-11,15,17-31,34-40H2,1H3,(H,64,79)(H,65,80)(H,66,78)(H,69,87)(H,70,88)(H,81,82)(H,83,84)(H,85,86)(H4,63,67,68,71,89)/t48-,56+/m1/s1. The molecule has 0 saturated carbocycles. The largest absolute Gasteiger partial charge is 0.508 e. The number of guanidine groups is 1. The second-order valence-electron chi connectivity index (χ2n) is 21.8. The smallest absolute Gasteiger partial charge is 0.321 e. The first-order chi connectivity index (χ1) is 43.2. The van der Waals surface area contributed by atoms with Gasteiger partial charge in [0, 0.05) is 141 Å². The summed E-state index contributed by atoms with van der Waals surface area (Å²) in [6.07, 6.45) is 3.03. The predicted octanol–water partition coefficient (Wildman–Crippen LogP) is 0.486. The Labute approximate surface area is 521 Å². The number of halogens is 2. The lowest BCUT2D eigenvalue weighted by atomic mass is 10.0. The van der Waals surface area contributed by atoms with Crippen LogP contribution < -0.4 is 47.7 Å². The van der Waals surface area contributed by atoms with E-state index in [1.807, 2.05) is 28.0 Å². The van der Waals surface area contributed by atoms with Gasteiger partial charge in [-0.25, -0.2) is 13.6 Å². The zero-order valence-corrected chi connectivity index (χ0v) is 50.8. The zero-order chi connectivity index (χ0) is 65.4. The van der Waals surface area contributed by atoms with Gasteiger partial charge in [-0.3, -0.25) is 73.2 Å². The lowest BCUT2D eigenvalue weighted by Crippen LogP contribution is -2.50. The SMILES string of the molecule is CCC(=O)NCCNC(=O)NC(N)=NCCC[C@@H](NC(=O)[C@H](c1ccccc1)N1Cc2cccc(OCCCNC(=O)CCCCCNC(=O)CN3CCN(CC(=O)O)CCN(CC(=O)O)CCN(CC(=O)O)CC3)c2C1)C(=O)NCc1c(F)cc(O)cc1F. The highest BCUT2D eigenvalue weighted by Gasteiger charge is 2.36. The Morgan fingerprint density at radius 3 is 1.79 bits per heavy atom. The molecule has 2 heterocycles. The third kappa shape index (κ3) is 26.6. The lowest BCUT2D eigenvalue weighted by Gasteiger charge is -2.32. The van der Waals surface area contributed by atoms with Crippen molar-refractivity contribution in [1.29, 1.82) is 0 Å². The van der Waals surface area contributed by atoms with E-state index >= 15 is 0 Å². The first-order valence-corrected chi connectivity index (χ1v) is 30.1. The maximum atomic E-state index is 14.7. The molecule has 1 saturated heterocycles. The van der Waals surface area contributed by atoms with E-state index in [0.717, 1.165) is 11.1 Å². The number of carboxylic acids is 3. The van der Waals surface area contributed by atoms with Crippen molar-refractivity contribution in [1.82, 2.24) is 61.7 Å². The number of carbonyl (C=O) groups excluding carboxylic acids is 6. The molecule has 0 spiro atoms. The number of urea groups is 1. The van der Waals surface area contributed by atoms with Gasteiger partial charge in [-0.1, -0.05) is 55.8 Å². The van der Waals surface area contributed by atoms with Crippen molar-refractivity contribution >= 4 is 59.4 Å². The molecule has 0 radical (unpaired) electrons. The molecule has 7 amide bonds. The van der Waals surface area contributed by atoms with Crippen LogP contribution in [0.25, 0.3) is 0 Å². The van der Waals surface area contributed by atoms with Crippen LogP contribution in [0.4, 0.5) is 13.6 Å². The number of phenolic OH excluding ortho intramolecular Hbond substituents is 1. The van der Waals surface area contributed by atoms with Gasteiger partial charge in [0.25, 0.3) is 0 Å². The summed E-state index contributed by atoms with van der Waals surface area (Å²) < 4.78 is 35.7. The number of ether oxygens (including phenoxy) is 1. The highest BCUT2D eigenvalue weighted by molar-refractivity contribution is 5.95. The Morgan fingerprint density at radius 2 is 1.19 bits per heavy atom. The van der Waals surface area contributed by atoms with Crippen LogP contribution in [0.2, 0.25) is 0 Å². The van der Waals surface area contributed by atoms with E-state index in [0.29, 0.717) is 88.3 Å². The van der Waals surface area contributed by atoms with Crippen molar-refractivity contribution in [2.24, 2.45) is 10.7 Å². The van der Waals surface area contributed by atoms with Crippen molar-refractivity contribution in [3.05, 3.63) is 94.6 Å². The van der Waals surface area contributed by atoms with Gasteiger partial charge in [0.15, 0.2) is 5.96 Å². The van der Waals surface area contributed by atoms with Gasteiger partial charge in [-0.2, -0.15) is 0 Å². The fourth-order valence-corrected chi connectivity index (χ4v) is 10.1. The molecule has 90 heavy (non-hydrogen) atoms. The monoisotopic (exact) mass is 1260 g/mol. The number of fused-ring (bicyclic) bond motifs is 1. The number of aromatic hydroxyl groups is 1. The van der Waals surface area contributed by atoms with Crippen LogP contribution in [-0.2, 0) is 58.0 Å². The number of amides is 7. The number of rotatable bonds is 34. The average Bonchev–Trinajstić information content (AvgIpc) is 1.66. The maximum Gasteiger partial charge on any atom is 0.321 e. The summed E-state index contributed by atoms with van der Waals surface area (Å²) >= 11 is 0. The van der Waals surface area contributed by atoms with Crippen molar-refractivity contribution in [2.45, 2.75) is 90.0 Å². The third-order valence-electron chi connectivity index (χ3n) is 14.8. The molecule has 0 unspecified atom stereocenters. The first kappa shape index (κ1) is 72.2. The topological polar surface area (TPSA) is 383 Å². The summed E-state index contributed by atoms with van der Waals surface area (Å²) in [4.78, 5) is 126. The summed E-state index contributed by atoms with van der Waals surface area (Å²) in [6.45, 7) is 4.45. The molecule has 5 rings (SSSR count). The number of hydrogen-bond acceptors (Lipinski definition) is 17. The number of nitrogens with zero attached hydrogens (tertiary/aromatic N) is 6. The number of carbonyl (C=O) groups is 9. The van der Waals surface area contributed by atoms with Gasteiger partial charge >= 0.3 is 23.9 Å². The van der Waals surface area contributed by atoms with Crippen LogP contribution in [0.5, 0.6) is 11.5 Å². The number of aliphatic carboxylic acids is 3. The Balaban J connectivity index is 1.08. The van der Waals surface area contributed by atoms with Gasteiger partial charge < -0.3 is 62.8 Å². The lowest BCUT2D eigenvalue weighted by molar-refractivity contribution is -0.140. The number of unbranched alkanes of at least 4 members (excludes halogenated alkanes) is 2. The molecule has 2 aliphatic rings. The van der Waals surface area contributed by atoms with E-state index in [1.54, 1.807) is 52.0 Å². The second kappa shape index (κ2) is 38.7. The molecule has 3 aromatic carbocycles. The highest BCUT2D eigenvalue weighted by atomic mass is 19.1. The molecule has 494 valence electrons. The molecule has 1 fully saturated rings. The highest BCUT2D eigenvalue weighted by Crippen LogP contribution is 2.36. The van der Waals surface area contributed by atoms with Gasteiger partial charge in [-0.15, -0.1) is 0 Å². The molecular weight excluding hydrogens is 1180 g/mol. The first-order valence-electron chi connectivity index (χ1n) is 30.1. The van der Waals surface area contributed by atoms with Gasteiger partial charge in [-0.05, 0) is 49.3 Å². The summed E-state index contributed by atoms with van der Waals surface area (Å²) in [6, 6.07) is 13.1. The number of phenols is 1. The van der Waals surface area contributed by atoms with Crippen LogP contribution in [-0.4, -0.2) is 228 Å². The minimum Gasteiger partial charge on any atom is -0.508 e. The maximum absolute atomic E-state index is 14.7. The normalized spacial score (nSPS) is 15.4. The summed E-state index contributed by atoms with van der Waals surface area (Å²) in [5.41, 5.74) is 7.77. The summed E-state index contributed by atoms with van der Waals surface area (Å²) in [7, 11) is 0. The quantitative estimate of drug-likeness (QED) is 0.0220. The minimum absolute atomic E-state index is 0.00167. The fourth-order valence-electron chi connectivity index (χ4n) is 10.1. The Hall–Kier alpha value is -8.58. The molecule has 0 aliphatic carbocycles. The Bertz CT molecular complexity index is 2860.